The SMILES string of the molecule is CCC[C@H](OC)C(=O)NC. The van der Waals surface area contributed by atoms with Gasteiger partial charge in [0.2, 0.25) is 5.91 Å². The third kappa shape index (κ3) is 2.82. The van der Waals surface area contributed by atoms with E-state index >= 15 is 0 Å². The second-order valence-electron chi connectivity index (χ2n) is 2.13. The van der Waals surface area contributed by atoms with Crippen LogP contribution in [0.15, 0.2) is 0 Å². The summed E-state index contributed by atoms with van der Waals surface area (Å²) in [5, 5.41) is 2.54. The molecule has 0 aromatic carbocycles. The van der Waals surface area contributed by atoms with Gasteiger partial charge in [0.1, 0.15) is 6.10 Å². The summed E-state index contributed by atoms with van der Waals surface area (Å²) < 4.78 is 4.93. The molecule has 0 aromatic rings. The second-order valence-corrected chi connectivity index (χ2v) is 2.13. The van der Waals surface area contributed by atoms with Gasteiger partial charge in [0.25, 0.3) is 0 Å². The summed E-state index contributed by atoms with van der Waals surface area (Å²) >= 11 is 0. The zero-order valence-corrected chi connectivity index (χ0v) is 6.81. The summed E-state index contributed by atoms with van der Waals surface area (Å²) in [5.74, 6) is -0.0376. The van der Waals surface area contributed by atoms with Gasteiger partial charge >= 0.3 is 0 Å². The van der Waals surface area contributed by atoms with Crippen LogP contribution in [-0.4, -0.2) is 26.2 Å². The molecule has 0 radical (unpaired) electrons. The lowest BCUT2D eigenvalue weighted by molar-refractivity contribution is -0.130. The summed E-state index contributed by atoms with van der Waals surface area (Å²) in [6, 6.07) is 0. The summed E-state index contributed by atoms with van der Waals surface area (Å²) in [6.45, 7) is 2.02. The largest absolute Gasteiger partial charge is 0.372 e. The van der Waals surface area contributed by atoms with Crippen LogP contribution in [0.2, 0.25) is 0 Å². The highest BCUT2D eigenvalue weighted by atomic mass is 16.5. The van der Waals surface area contributed by atoms with Crippen LogP contribution >= 0.6 is 0 Å². The van der Waals surface area contributed by atoms with Crippen LogP contribution in [0.4, 0.5) is 0 Å². The minimum atomic E-state index is -0.269. The van der Waals surface area contributed by atoms with E-state index in [0.717, 1.165) is 12.8 Å². The molecule has 1 N–H and O–H groups in total. The van der Waals surface area contributed by atoms with E-state index in [9.17, 15) is 4.79 Å². The summed E-state index contributed by atoms with van der Waals surface area (Å²) in [5.41, 5.74) is 0. The number of hydrogen-bond acceptors (Lipinski definition) is 2. The van der Waals surface area contributed by atoms with Crippen molar-refractivity contribution in [3.63, 3.8) is 0 Å². The molecule has 0 bridgehead atoms. The van der Waals surface area contributed by atoms with Crippen molar-refractivity contribution in [2.24, 2.45) is 0 Å². The van der Waals surface area contributed by atoms with Crippen molar-refractivity contribution in [1.82, 2.24) is 5.32 Å². The molecule has 0 aliphatic heterocycles. The highest BCUT2D eigenvalue weighted by molar-refractivity contribution is 5.80. The van der Waals surface area contributed by atoms with Gasteiger partial charge in [0.15, 0.2) is 0 Å². The van der Waals surface area contributed by atoms with Crippen molar-refractivity contribution < 1.29 is 9.53 Å². The average Bonchev–Trinajstić information content (AvgIpc) is 1.99. The standard InChI is InChI=1S/C7H15NO2/c1-4-5-6(10-3)7(9)8-2/h6H,4-5H2,1-3H3,(H,8,9)/t6-/m0/s1. The molecule has 0 saturated carbocycles. The van der Waals surface area contributed by atoms with Crippen LogP contribution in [0.3, 0.4) is 0 Å². The van der Waals surface area contributed by atoms with Gasteiger partial charge in [-0.25, -0.2) is 0 Å². The topological polar surface area (TPSA) is 38.3 Å². The van der Waals surface area contributed by atoms with Gasteiger partial charge in [0.05, 0.1) is 0 Å². The number of nitrogens with one attached hydrogen (secondary N) is 1. The monoisotopic (exact) mass is 145 g/mol. The Balaban J connectivity index is 3.68. The van der Waals surface area contributed by atoms with Crippen LogP contribution in [0, 0.1) is 0 Å². The van der Waals surface area contributed by atoms with Gasteiger partial charge in [-0.2, -0.15) is 0 Å². The van der Waals surface area contributed by atoms with E-state index in [-0.39, 0.29) is 12.0 Å². The first-order chi connectivity index (χ1) is 4.76. The van der Waals surface area contributed by atoms with Gasteiger partial charge < -0.3 is 10.1 Å². The van der Waals surface area contributed by atoms with Crippen LogP contribution in [0.25, 0.3) is 0 Å². The Bertz CT molecular complexity index is 104. The highest BCUT2D eigenvalue weighted by Gasteiger charge is 2.13. The first kappa shape index (κ1) is 9.43. The third-order valence-corrected chi connectivity index (χ3v) is 1.37. The second kappa shape index (κ2) is 5.23. The number of amides is 1. The fraction of sp³-hybridized carbons (Fsp3) is 0.857. The van der Waals surface area contributed by atoms with Gasteiger partial charge in [0, 0.05) is 14.2 Å². The Morgan fingerprint density at radius 1 is 1.70 bits per heavy atom. The number of carbonyl (C=O) groups excluding carboxylic acids is 1. The fourth-order valence-electron chi connectivity index (χ4n) is 0.779. The maximum Gasteiger partial charge on any atom is 0.248 e. The Kier molecular flexibility index (Phi) is 4.94. The lowest BCUT2D eigenvalue weighted by Gasteiger charge is -2.11. The predicted octanol–water partition coefficient (Wildman–Crippen LogP) is 0.547. The van der Waals surface area contributed by atoms with Crippen molar-refractivity contribution >= 4 is 5.91 Å². The predicted molar refractivity (Wildman–Crippen MR) is 39.8 cm³/mol. The molecule has 3 heteroatoms. The highest BCUT2D eigenvalue weighted by Crippen LogP contribution is 1.99. The van der Waals surface area contributed by atoms with Gasteiger partial charge in [-0.15, -0.1) is 0 Å². The maximum absolute atomic E-state index is 10.9. The van der Waals surface area contributed by atoms with E-state index < -0.39 is 0 Å². The van der Waals surface area contributed by atoms with Crippen LogP contribution < -0.4 is 5.32 Å². The molecule has 0 aliphatic rings. The molecule has 0 spiro atoms. The summed E-state index contributed by atoms with van der Waals surface area (Å²) in [6.07, 6.45) is 1.48. The molecule has 0 unspecified atom stereocenters. The molecule has 0 fully saturated rings. The molecule has 3 nitrogen and oxygen atoms in total. The molecule has 0 rings (SSSR count). The van der Waals surface area contributed by atoms with Crippen molar-refractivity contribution in [3.05, 3.63) is 0 Å². The Labute approximate surface area is 61.8 Å². The molecule has 10 heavy (non-hydrogen) atoms. The number of hydrogen-bond donors (Lipinski definition) is 1. The van der Waals surface area contributed by atoms with Gasteiger partial charge in [-0.1, -0.05) is 13.3 Å². The Hall–Kier alpha value is -0.570. The van der Waals surface area contributed by atoms with E-state index in [4.69, 9.17) is 4.74 Å². The van der Waals surface area contributed by atoms with Gasteiger partial charge in [-0.05, 0) is 6.42 Å². The third-order valence-electron chi connectivity index (χ3n) is 1.37. The molecule has 0 saturated heterocycles. The first-order valence-electron chi connectivity index (χ1n) is 3.50. The molecule has 0 aromatic heterocycles. The van der Waals surface area contributed by atoms with E-state index in [1.54, 1.807) is 14.2 Å². The number of likely N-dealkylation sites (N-methyl/N-ethyl adjacent to an activating group) is 1. The molecule has 60 valence electrons. The van der Waals surface area contributed by atoms with E-state index in [2.05, 4.69) is 5.32 Å². The fourth-order valence-corrected chi connectivity index (χ4v) is 0.779. The van der Waals surface area contributed by atoms with E-state index in [1.807, 2.05) is 6.92 Å². The van der Waals surface area contributed by atoms with Gasteiger partial charge in [-0.3, -0.25) is 4.79 Å². The zero-order valence-electron chi connectivity index (χ0n) is 6.81. The van der Waals surface area contributed by atoms with Crippen molar-refractivity contribution in [2.75, 3.05) is 14.2 Å². The van der Waals surface area contributed by atoms with Crippen molar-refractivity contribution in [3.8, 4) is 0 Å². The van der Waals surface area contributed by atoms with Crippen LogP contribution in [0.5, 0.6) is 0 Å². The molecule has 0 heterocycles. The minimum absolute atomic E-state index is 0.0376. The maximum atomic E-state index is 10.9. The quantitative estimate of drug-likeness (QED) is 0.627. The van der Waals surface area contributed by atoms with Crippen LogP contribution in [-0.2, 0) is 9.53 Å². The average molecular weight is 145 g/mol. The molecular weight excluding hydrogens is 130 g/mol. The minimum Gasteiger partial charge on any atom is -0.372 e. The number of methoxy groups -OCH3 is 1. The van der Waals surface area contributed by atoms with Crippen molar-refractivity contribution in [2.45, 2.75) is 25.9 Å². The normalized spacial score (nSPS) is 12.7. The smallest absolute Gasteiger partial charge is 0.248 e. The number of rotatable bonds is 4. The van der Waals surface area contributed by atoms with Crippen molar-refractivity contribution in [1.29, 1.82) is 0 Å². The zero-order chi connectivity index (χ0) is 7.98. The lowest BCUT2D eigenvalue weighted by Crippen LogP contribution is -2.33. The Morgan fingerprint density at radius 2 is 2.30 bits per heavy atom. The van der Waals surface area contributed by atoms with Crippen LogP contribution in [0.1, 0.15) is 19.8 Å². The molecule has 1 atom stereocenters. The van der Waals surface area contributed by atoms with E-state index in [0.29, 0.717) is 0 Å². The number of carbonyl (C=O) groups is 1. The number of ether oxygens (including phenoxy) is 1. The first-order valence-corrected chi connectivity index (χ1v) is 3.50. The Morgan fingerprint density at radius 3 is 2.60 bits per heavy atom. The van der Waals surface area contributed by atoms with E-state index in [1.165, 1.54) is 0 Å². The summed E-state index contributed by atoms with van der Waals surface area (Å²) in [4.78, 5) is 10.9. The molecular formula is C7H15NO2. The lowest BCUT2D eigenvalue weighted by atomic mass is 10.2. The molecule has 0 aliphatic carbocycles. The summed E-state index contributed by atoms with van der Waals surface area (Å²) in [7, 11) is 3.17. The molecule has 1 amide bonds.